The largest absolute Gasteiger partial charge is 0.489 e. The van der Waals surface area contributed by atoms with Gasteiger partial charge in [-0.2, -0.15) is 0 Å². The minimum atomic E-state index is 0.0473. The highest BCUT2D eigenvalue weighted by molar-refractivity contribution is 6.35. The van der Waals surface area contributed by atoms with Crippen LogP contribution in [-0.4, -0.2) is 12.1 Å². The molecular formula is C17H25Cl2NO. The van der Waals surface area contributed by atoms with Crippen LogP contribution in [0.4, 0.5) is 0 Å². The van der Waals surface area contributed by atoms with E-state index >= 15 is 0 Å². The first-order valence-electron chi connectivity index (χ1n) is 7.75. The van der Waals surface area contributed by atoms with E-state index in [0.29, 0.717) is 28.3 Å². The molecule has 0 bridgehead atoms. The highest BCUT2D eigenvalue weighted by Gasteiger charge is 2.26. The minimum Gasteiger partial charge on any atom is -0.489 e. The Morgan fingerprint density at radius 3 is 2.38 bits per heavy atom. The molecule has 1 aromatic rings. The fraction of sp³-hybridized carbons (Fsp3) is 0.647. The Hall–Kier alpha value is -0.440. The molecule has 1 aromatic carbocycles. The predicted molar refractivity (Wildman–Crippen MR) is 90.4 cm³/mol. The Kier molecular flexibility index (Phi) is 5.81. The third kappa shape index (κ3) is 4.77. The Labute approximate surface area is 137 Å². The zero-order chi connectivity index (χ0) is 15.6. The monoisotopic (exact) mass is 329 g/mol. The zero-order valence-corrected chi connectivity index (χ0v) is 14.5. The van der Waals surface area contributed by atoms with E-state index in [1.807, 2.05) is 13.0 Å². The standard InChI is InChI=1S/C17H25Cl2NO/c1-10-4-11(2)6-15(5-10)21-17-13(7-12(3)20)8-14(18)9-16(17)19/h8-12,15H,4-7,20H2,1-3H3. The number of hydrogen-bond donors (Lipinski definition) is 1. The lowest BCUT2D eigenvalue weighted by atomic mass is 9.82. The molecule has 118 valence electrons. The van der Waals surface area contributed by atoms with Crippen molar-refractivity contribution in [2.75, 3.05) is 0 Å². The van der Waals surface area contributed by atoms with Gasteiger partial charge < -0.3 is 10.5 Å². The number of benzene rings is 1. The maximum Gasteiger partial charge on any atom is 0.141 e. The molecule has 0 radical (unpaired) electrons. The number of nitrogens with two attached hydrogens (primary N) is 1. The van der Waals surface area contributed by atoms with Crippen LogP contribution in [0.2, 0.25) is 10.0 Å². The Bertz CT molecular complexity index is 480. The SMILES string of the molecule is CC(N)Cc1cc(Cl)cc(Cl)c1OC1CC(C)CC(C)C1. The molecule has 3 atom stereocenters. The number of rotatable bonds is 4. The van der Waals surface area contributed by atoms with Gasteiger partial charge in [0.2, 0.25) is 0 Å². The maximum absolute atomic E-state index is 6.36. The van der Waals surface area contributed by atoms with Gasteiger partial charge in [0.1, 0.15) is 5.75 Å². The van der Waals surface area contributed by atoms with Gasteiger partial charge in [-0.1, -0.05) is 37.0 Å². The van der Waals surface area contributed by atoms with Crippen molar-refractivity contribution >= 4 is 23.2 Å². The molecule has 2 rings (SSSR count). The second-order valence-corrected chi connectivity index (χ2v) is 7.56. The van der Waals surface area contributed by atoms with Gasteiger partial charge in [-0.15, -0.1) is 0 Å². The first kappa shape index (κ1) is 16.9. The molecule has 2 nitrogen and oxygen atoms in total. The fourth-order valence-electron chi connectivity index (χ4n) is 3.38. The van der Waals surface area contributed by atoms with Crippen molar-refractivity contribution in [1.29, 1.82) is 0 Å². The van der Waals surface area contributed by atoms with E-state index < -0.39 is 0 Å². The van der Waals surface area contributed by atoms with Gasteiger partial charge in [0.25, 0.3) is 0 Å². The summed E-state index contributed by atoms with van der Waals surface area (Å²) in [5, 5.41) is 1.22. The third-order valence-electron chi connectivity index (χ3n) is 4.05. The smallest absolute Gasteiger partial charge is 0.141 e. The molecule has 21 heavy (non-hydrogen) atoms. The molecule has 1 saturated carbocycles. The summed E-state index contributed by atoms with van der Waals surface area (Å²) in [6.07, 6.45) is 4.39. The predicted octanol–water partition coefficient (Wildman–Crippen LogP) is 5.09. The van der Waals surface area contributed by atoms with Crippen molar-refractivity contribution in [3.8, 4) is 5.75 Å². The summed E-state index contributed by atoms with van der Waals surface area (Å²) in [6.45, 7) is 6.56. The van der Waals surface area contributed by atoms with Gasteiger partial charge in [-0.3, -0.25) is 0 Å². The van der Waals surface area contributed by atoms with E-state index in [-0.39, 0.29) is 12.1 Å². The Balaban J connectivity index is 2.21. The fourth-order valence-corrected chi connectivity index (χ4v) is 3.96. The second kappa shape index (κ2) is 7.21. The number of hydrogen-bond acceptors (Lipinski definition) is 2. The number of ether oxygens (including phenoxy) is 1. The quantitative estimate of drug-likeness (QED) is 0.835. The van der Waals surface area contributed by atoms with Gasteiger partial charge >= 0.3 is 0 Å². The second-order valence-electron chi connectivity index (χ2n) is 6.71. The summed E-state index contributed by atoms with van der Waals surface area (Å²) in [5.41, 5.74) is 6.94. The van der Waals surface area contributed by atoms with Crippen LogP contribution in [-0.2, 0) is 6.42 Å². The molecule has 3 unspecified atom stereocenters. The zero-order valence-electron chi connectivity index (χ0n) is 13.0. The van der Waals surface area contributed by atoms with Crippen LogP contribution in [0.3, 0.4) is 0 Å². The summed E-state index contributed by atoms with van der Waals surface area (Å²) in [5.74, 6) is 2.16. The van der Waals surface area contributed by atoms with E-state index in [1.165, 1.54) is 6.42 Å². The molecule has 0 saturated heterocycles. The van der Waals surface area contributed by atoms with Gasteiger partial charge in [-0.25, -0.2) is 0 Å². The van der Waals surface area contributed by atoms with Crippen LogP contribution in [0.15, 0.2) is 12.1 Å². The third-order valence-corrected chi connectivity index (χ3v) is 4.55. The van der Waals surface area contributed by atoms with Crippen LogP contribution in [0.1, 0.15) is 45.6 Å². The van der Waals surface area contributed by atoms with Crippen LogP contribution in [0.25, 0.3) is 0 Å². The first-order chi connectivity index (χ1) is 9.85. The highest BCUT2D eigenvalue weighted by atomic mass is 35.5. The van der Waals surface area contributed by atoms with Gasteiger partial charge in [0, 0.05) is 11.1 Å². The normalized spacial score (nSPS) is 27.4. The Morgan fingerprint density at radius 1 is 1.19 bits per heavy atom. The number of halogens is 2. The molecule has 0 heterocycles. The Morgan fingerprint density at radius 2 is 1.81 bits per heavy atom. The van der Waals surface area contributed by atoms with Crippen molar-refractivity contribution < 1.29 is 4.74 Å². The van der Waals surface area contributed by atoms with E-state index in [9.17, 15) is 0 Å². The van der Waals surface area contributed by atoms with Gasteiger partial charge in [-0.05, 0) is 62.1 Å². The van der Waals surface area contributed by atoms with Crippen LogP contribution < -0.4 is 10.5 Å². The summed E-state index contributed by atoms with van der Waals surface area (Å²) in [4.78, 5) is 0. The summed E-state index contributed by atoms with van der Waals surface area (Å²) >= 11 is 12.5. The van der Waals surface area contributed by atoms with E-state index in [1.54, 1.807) is 6.07 Å². The van der Waals surface area contributed by atoms with E-state index in [2.05, 4.69) is 13.8 Å². The molecule has 1 fully saturated rings. The first-order valence-corrected chi connectivity index (χ1v) is 8.51. The molecule has 0 spiro atoms. The average molecular weight is 330 g/mol. The molecule has 2 N–H and O–H groups in total. The lowest BCUT2D eigenvalue weighted by Crippen LogP contribution is -2.29. The van der Waals surface area contributed by atoms with Crippen molar-refractivity contribution in [2.24, 2.45) is 17.6 Å². The summed E-state index contributed by atoms with van der Waals surface area (Å²) < 4.78 is 6.27. The minimum absolute atomic E-state index is 0.0473. The molecular weight excluding hydrogens is 305 g/mol. The topological polar surface area (TPSA) is 35.2 Å². The van der Waals surface area contributed by atoms with Crippen molar-refractivity contribution in [3.05, 3.63) is 27.7 Å². The van der Waals surface area contributed by atoms with Crippen molar-refractivity contribution in [2.45, 2.75) is 58.6 Å². The van der Waals surface area contributed by atoms with Crippen LogP contribution in [0, 0.1) is 11.8 Å². The van der Waals surface area contributed by atoms with Crippen molar-refractivity contribution in [1.82, 2.24) is 0 Å². The van der Waals surface area contributed by atoms with Crippen LogP contribution in [0.5, 0.6) is 5.75 Å². The van der Waals surface area contributed by atoms with Crippen LogP contribution >= 0.6 is 23.2 Å². The lowest BCUT2D eigenvalue weighted by Gasteiger charge is -2.32. The van der Waals surface area contributed by atoms with E-state index in [0.717, 1.165) is 24.2 Å². The van der Waals surface area contributed by atoms with E-state index in [4.69, 9.17) is 33.7 Å². The van der Waals surface area contributed by atoms with Crippen molar-refractivity contribution in [3.63, 3.8) is 0 Å². The molecule has 4 heteroatoms. The average Bonchev–Trinajstić information content (AvgIpc) is 2.31. The summed E-state index contributed by atoms with van der Waals surface area (Å²) in [7, 11) is 0. The molecule has 0 aromatic heterocycles. The summed E-state index contributed by atoms with van der Waals surface area (Å²) in [6, 6.07) is 3.71. The molecule has 0 aliphatic heterocycles. The van der Waals surface area contributed by atoms with Gasteiger partial charge in [0.05, 0.1) is 11.1 Å². The highest BCUT2D eigenvalue weighted by Crippen LogP contribution is 2.37. The molecule has 1 aliphatic carbocycles. The van der Waals surface area contributed by atoms with Gasteiger partial charge in [0.15, 0.2) is 0 Å². The lowest BCUT2D eigenvalue weighted by molar-refractivity contribution is 0.100. The molecule has 0 amide bonds. The maximum atomic E-state index is 6.36. The molecule has 1 aliphatic rings.